The number of carbonyl (C=O) groups is 2. The number of likely N-dealkylation sites (tertiary alicyclic amines) is 2. The molecule has 3 aliphatic heterocycles. The summed E-state index contributed by atoms with van der Waals surface area (Å²) in [6.07, 6.45) is 8.72. The fourth-order valence-corrected chi connectivity index (χ4v) is 4.68. The fraction of sp³-hybridized carbons (Fsp3) is 0.545. The SMILES string of the molecule is O=C1CC2(CCN(C(=O)[C@@H]3CCCN3)CC2)CN1C/C=C/c1ccccc1. The van der Waals surface area contributed by atoms with Crippen LogP contribution in [0.3, 0.4) is 0 Å². The van der Waals surface area contributed by atoms with Crippen LogP contribution in [0.5, 0.6) is 0 Å². The third kappa shape index (κ3) is 4.08. The van der Waals surface area contributed by atoms with Crippen LogP contribution in [-0.4, -0.2) is 60.4 Å². The zero-order chi connectivity index (χ0) is 18.7. The zero-order valence-corrected chi connectivity index (χ0v) is 15.9. The molecule has 1 spiro atoms. The number of hydrogen-bond acceptors (Lipinski definition) is 3. The van der Waals surface area contributed by atoms with Crippen LogP contribution in [-0.2, 0) is 9.59 Å². The molecule has 3 aliphatic rings. The quantitative estimate of drug-likeness (QED) is 0.888. The van der Waals surface area contributed by atoms with Gasteiger partial charge >= 0.3 is 0 Å². The van der Waals surface area contributed by atoms with E-state index in [9.17, 15) is 9.59 Å². The predicted molar refractivity (Wildman–Crippen MR) is 106 cm³/mol. The number of rotatable bonds is 4. The minimum atomic E-state index is 0.0175. The summed E-state index contributed by atoms with van der Waals surface area (Å²) < 4.78 is 0. The fourth-order valence-electron chi connectivity index (χ4n) is 4.68. The highest BCUT2D eigenvalue weighted by Crippen LogP contribution is 2.41. The van der Waals surface area contributed by atoms with E-state index in [2.05, 4.69) is 29.6 Å². The number of benzene rings is 1. The standard InChI is InChI=1S/C22H29N3O2/c26-20-16-22(17-25(20)13-5-8-18-6-2-1-3-7-18)10-14-24(15-11-22)21(27)19-9-4-12-23-19/h1-3,5-8,19,23H,4,9-17H2/b8-5+/t19-/m0/s1. The van der Waals surface area contributed by atoms with E-state index in [1.807, 2.05) is 28.0 Å². The molecule has 144 valence electrons. The van der Waals surface area contributed by atoms with Gasteiger partial charge in [-0.2, -0.15) is 0 Å². The molecule has 0 saturated carbocycles. The van der Waals surface area contributed by atoms with E-state index in [-0.39, 0.29) is 23.3 Å². The Hall–Kier alpha value is -2.14. The van der Waals surface area contributed by atoms with Crippen LogP contribution >= 0.6 is 0 Å². The lowest BCUT2D eigenvalue weighted by atomic mass is 9.77. The lowest BCUT2D eigenvalue weighted by Crippen LogP contribution is -2.49. The average molecular weight is 367 g/mol. The lowest BCUT2D eigenvalue weighted by Gasteiger charge is -2.39. The Labute approximate surface area is 161 Å². The Balaban J connectivity index is 1.30. The van der Waals surface area contributed by atoms with Crippen molar-refractivity contribution in [2.45, 2.75) is 38.1 Å². The molecule has 0 radical (unpaired) electrons. The van der Waals surface area contributed by atoms with E-state index < -0.39 is 0 Å². The molecule has 27 heavy (non-hydrogen) atoms. The summed E-state index contributed by atoms with van der Waals surface area (Å²) >= 11 is 0. The molecule has 0 unspecified atom stereocenters. The Bertz CT molecular complexity index is 702. The molecule has 4 rings (SSSR count). The maximum atomic E-state index is 12.6. The molecule has 5 nitrogen and oxygen atoms in total. The average Bonchev–Trinajstić information content (AvgIpc) is 3.32. The van der Waals surface area contributed by atoms with E-state index in [4.69, 9.17) is 0 Å². The third-order valence-electron chi connectivity index (χ3n) is 6.34. The summed E-state index contributed by atoms with van der Waals surface area (Å²) in [5.41, 5.74) is 1.23. The first-order valence-electron chi connectivity index (χ1n) is 10.2. The van der Waals surface area contributed by atoms with Gasteiger partial charge in [0.2, 0.25) is 11.8 Å². The number of amides is 2. The molecule has 0 bridgehead atoms. The molecule has 0 aromatic heterocycles. The minimum Gasteiger partial charge on any atom is -0.341 e. The van der Waals surface area contributed by atoms with Crippen molar-refractivity contribution in [1.29, 1.82) is 0 Å². The lowest BCUT2D eigenvalue weighted by molar-refractivity contribution is -0.135. The Morgan fingerprint density at radius 2 is 2.00 bits per heavy atom. The molecule has 1 aromatic carbocycles. The summed E-state index contributed by atoms with van der Waals surface area (Å²) in [6, 6.07) is 10.2. The summed E-state index contributed by atoms with van der Waals surface area (Å²) in [4.78, 5) is 29.1. The van der Waals surface area contributed by atoms with E-state index >= 15 is 0 Å². The molecule has 3 heterocycles. The molecule has 1 atom stereocenters. The van der Waals surface area contributed by atoms with Crippen molar-refractivity contribution >= 4 is 17.9 Å². The van der Waals surface area contributed by atoms with Crippen LogP contribution in [0.25, 0.3) is 6.08 Å². The van der Waals surface area contributed by atoms with Gasteiger partial charge in [0, 0.05) is 38.0 Å². The van der Waals surface area contributed by atoms with Gasteiger partial charge in [0.1, 0.15) is 0 Å². The molecule has 5 heteroatoms. The maximum absolute atomic E-state index is 12.6. The first-order chi connectivity index (χ1) is 13.2. The van der Waals surface area contributed by atoms with Crippen LogP contribution in [0.2, 0.25) is 0 Å². The molecule has 1 N–H and O–H groups in total. The van der Waals surface area contributed by atoms with E-state index in [0.29, 0.717) is 13.0 Å². The molecule has 3 saturated heterocycles. The number of piperidine rings is 1. The van der Waals surface area contributed by atoms with E-state index in [0.717, 1.165) is 57.4 Å². The van der Waals surface area contributed by atoms with Crippen molar-refractivity contribution in [3.63, 3.8) is 0 Å². The van der Waals surface area contributed by atoms with Crippen molar-refractivity contribution in [1.82, 2.24) is 15.1 Å². The molecule has 3 fully saturated rings. The largest absolute Gasteiger partial charge is 0.341 e. The van der Waals surface area contributed by atoms with Crippen molar-refractivity contribution < 1.29 is 9.59 Å². The predicted octanol–water partition coefficient (Wildman–Crippen LogP) is 2.29. The zero-order valence-electron chi connectivity index (χ0n) is 15.9. The van der Waals surface area contributed by atoms with Gasteiger partial charge in [-0.15, -0.1) is 0 Å². The number of carbonyl (C=O) groups excluding carboxylic acids is 2. The smallest absolute Gasteiger partial charge is 0.239 e. The van der Waals surface area contributed by atoms with Gasteiger partial charge in [-0.1, -0.05) is 42.5 Å². The number of nitrogens with one attached hydrogen (secondary N) is 1. The Kier molecular flexibility index (Phi) is 5.30. The van der Waals surface area contributed by atoms with Crippen molar-refractivity contribution in [3.05, 3.63) is 42.0 Å². The monoisotopic (exact) mass is 367 g/mol. The number of hydrogen-bond donors (Lipinski definition) is 1. The normalized spacial score (nSPS) is 25.0. The second-order valence-electron chi connectivity index (χ2n) is 8.24. The summed E-state index contributed by atoms with van der Waals surface area (Å²) in [5.74, 6) is 0.513. The van der Waals surface area contributed by atoms with E-state index in [1.54, 1.807) is 0 Å². The van der Waals surface area contributed by atoms with Crippen molar-refractivity contribution in [3.8, 4) is 0 Å². The topological polar surface area (TPSA) is 52.7 Å². The van der Waals surface area contributed by atoms with Gasteiger partial charge < -0.3 is 15.1 Å². The van der Waals surface area contributed by atoms with Gasteiger partial charge in [0.25, 0.3) is 0 Å². The van der Waals surface area contributed by atoms with Crippen molar-refractivity contribution in [2.24, 2.45) is 5.41 Å². The molecular weight excluding hydrogens is 338 g/mol. The minimum absolute atomic E-state index is 0.0175. The van der Waals surface area contributed by atoms with Crippen LogP contribution < -0.4 is 5.32 Å². The molecular formula is C22H29N3O2. The van der Waals surface area contributed by atoms with Crippen LogP contribution in [0.1, 0.15) is 37.7 Å². The maximum Gasteiger partial charge on any atom is 0.239 e. The Morgan fingerprint density at radius 1 is 1.22 bits per heavy atom. The van der Waals surface area contributed by atoms with Gasteiger partial charge in [-0.25, -0.2) is 0 Å². The highest BCUT2D eigenvalue weighted by atomic mass is 16.2. The first kappa shape index (κ1) is 18.2. The summed E-state index contributed by atoms with van der Waals surface area (Å²) in [7, 11) is 0. The number of nitrogens with zero attached hydrogens (tertiary/aromatic N) is 2. The molecule has 2 amide bonds. The Morgan fingerprint density at radius 3 is 2.70 bits per heavy atom. The highest BCUT2D eigenvalue weighted by molar-refractivity contribution is 5.83. The van der Waals surface area contributed by atoms with Crippen molar-refractivity contribution in [2.75, 3.05) is 32.7 Å². The van der Waals surface area contributed by atoms with Crippen LogP contribution in [0.4, 0.5) is 0 Å². The first-order valence-corrected chi connectivity index (χ1v) is 10.2. The van der Waals surface area contributed by atoms with E-state index in [1.165, 1.54) is 0 Å². The highest BCUT2D eigenvalue weighted by Gasteiger charge is 2.45. The van der Waals surface area contributed by atoms with Gasteiger partial charge in [0.15, 0.2) is 0 Å². The second kappa shape index (κ2) is 7.85. The third-order valence-corrected chi connectivity index (χ3v) is 6.34. The van der Waals surface area contributed by atoms with Crippen LogP contribution in [0.15, 0.2) is 36.4 Å². The summed E-state index contributed by atoms with van der Waals surface area (Å²) in [5, 5.41) is 3.30. The van der Waals surface area contributed by atoms with Gasteiger partial charge in [-0.05, 0) is 37.8 Å². The second-order valence-corrected chi connectivity index (χ2v) is 8.24. The van der Waals surface area contributed by atoms with Gasteiger partial charge in [0.05, 0.1) is 6.04 Å². The van der Waals surface area contributed by atoms with Crippen LogP contribution in [0, 0.1) is 5.41 Å². The summed E-state index contributed by atoms with van der Waals surface area (Å²) in [6.45, 7) is 4.03. The van der Waals surface area contributed by atoms with Gasteiger partial charge in [-0.3, -0.25) is 9.59 Å². The molecule has 0 aliphatic carbocycles. The molecule has 1 aromatic rings.